The zero-order chi connectivity index (χ0) is 16.5. The van der Waals surface area contributed by atoms with Crippen molar-refractivity contribution in [3.8, 4) is 0 Å². The van der Waals surface area contributed by atoms with Crippen LogP contribution in [0.3, 0.4) is 0 Å². The van der Waals surface area contributed by atoms with Crippen molar-refractivity contribution in [2.24, 2.45) is 0 Å². The molecule has 1 aromatic heterocycles. The Balaban J connectivity index is 1.31. The van der Waals surface area contributed by atoms with Gasteiger partial charge in [-0.05, 0) is 43.4 Å². The number of nitrogens with zero attached hydrogens (tertiary/aromatic N) is 3. The maximum Gasteiger partial charge on any atom is 0.230 e. The van der Waals surface area contributed by atoms with Gasteiger partial charge in [-0.25, -0.2) is 4.39 Å². The van der Waals surface area contributed by atoms with Gasteiger partial charge in [-0.1, -0.05) is 23.9 Å². The highest BCUT2D eigenvalue weighted by molar-refractivity contribution is 7.99. The van der Waals surface area contributed by atoms with Crippen molar-refractivity contribution in [1.29, 1.82) is 0 Å². The molecular weight excluding hydrogens is 327 g/mol. The molecule has 2 fully saturated rings. The number of hydrogen-bond acceptors (Lipinski definition) is 4. The maximum atomic E-state index is 12.9. The van der Waals surface area contributed by atoms with Gasteiger partial charge in [-0.15, -0.1) is 10.2 Å². The number of halogens is 1. The molecule has 2 aliphatic carbocycles. The molecule has 2 saturated carbocycles. The lowest BCUT2D eigenvalue weighted by molar-refractivity contribution is -0.118. The van der Waals surface area contributed by atoms with Crippen molar-refractivity contribution in [2.45, 2.75) is 49.3 Å². The van der Waals surface area contributed by atoms with E-state index in [1.54, 1.807) is 12.1 Å². The molecule has 24 heavy (non-hydrogen) atoms. The number of hydrogen-bond donors (Lipinski definition) is 1. The van der Waals surface area contributed by atoms with Crippen LogP contribution >= 0.6 is 11.8 Å². The molecule has 1 heterocycles. The summed E-state index contributed by atoms with van der Waals surface area (Å²) in [5.74, 6) is 1.66. The molecule has 0 saturated heterocycles. The minimum Gasteiger partial charge on any atom is -0.351 e. The van der Waals surface area contributed by atoms with Crippen LogP contribution in [0.15, 0.2) is 29.4 Å². The highest BCUT2D eigenvalue weighted by Gasteiger charge is 2.36. The van der Waals surface area contributed by atoms with Gasteiger partial charge in [0.25, 0.3) is 0 Å². The Bertz CT molecular complexity index is 738. The molecular formula is C17H19FN4OS. The average molecular weight is 346 g/mol. The van der Waals surface area contributed by atoms with E-state index in [0.29, 0.717) is 24.3 Å². The van der Waals surface area contributed by atoms with E-state index in [9.17, 15) is 9.18 Å². The van der Waals surface area contributed by atoms with Crippen molar-refractivity contribution < 1.29 is 9.18 Å². The van der Waals surface area contributed by atoms with Crippen LogP contribution in [-0.4, -0.2) is 26.4 Å². The predicted molar refractivity (Wildman–Crippen MR) is 89.2 cm³/mol. The van der Waals surface area contributed by atoms with Gasteiger partial charge >= 0.3 is 0 Å². The third-order valence-electron chi connectivity index (χ3n) is 4.28. The molecule has 2 aromatic rings. The number of carbonyl (C=O) groups is 1. The third-order valence-corrected chi connectivity index (χ3v) is 5.22. The van der Waals surface area contributed by atoms with Crippen LogP contribution in [-0.2, 0) is 11.3 Å². The molecule has 1 aromatic carbocycles. The predicted octanol–water partition coefficient (Wildman–Crippen LogP) is 3.04. The summed E-state index contributed by atoms with van der Waals surface area (Å²) in [5.41, 5.74) is 0.881. The number of nitrogens with one attached hydrogen (secondary N) is 1. The first kappa shape index (κ1) is 15.6. The summed E-state index contributed by atoms with van der Waals surface area (Å²) >= 11 is 1.44. The summed E-state index contributed by atoms with van der Waals surface area (Å²) in [5, 5.41) is 12.3. The summed E-state index contributed by atoms with van der Waals surface area (Å²) < 4.78 is 15.1. The second-order valence-electron chi connectivity index (χ2n) is 6.41. The standard InChI is InChI=1S/C17H19FN4OS/c18-13-5-1-11(2-6-13)9-19-15(23)10-24-17-21-20-16(12-3-4-12)22(17)14-7-8-14/h1-2,5-6,12,14H,3-4,7-10H2,(H,19,23). The second-order valence-corrected chi connectivity index (χ2v) is 7.35. The van der Waals surface area contributed by atoms with Gasteiger partial charge in [-0.3, -0.25) is 4.79 Å². The Morgan fingerprint density at radius 3 is 2.62 bits per heavy atom. The van der Waals surface area contributed by atoms with Crippen LogP contribution in [0.4, 0.5) is 4.39 Å². The topological polar surface area (TPSA) is 59.8 Å². The monoisotopic (exact) mass is 346 g/mol. The Hall–Kier alpha value is -1.89. The van der Waals surface area contributed by atoms with E-state index in [-0.39, 0.29) is 11.7 Å². The zero-order valence-electron chi connectivity index (χ0n) is 13.2. The third kappa shape index (κ3) is 3.61. The van der Waals surface area contributed by atoms with E-state index in [1.807, 2.05) is 0 Å². The highest BCUT2D eigenvalue weighted by Crippen LogP contribution is 2.45. The first-order valence-electron chi connectivity index (χ1n) is 8.29. The molecule has 0 radical (unpaired) electrons. The van der Waals surface area contributed by atoms with Crippen molar-refractivity contribution in [1.82, 2.24) is 20.1 Å². The average Bonchev–Trinajstić information content (AvgIpc) is 3.51. The Labute approximate surface area is 144 Å². The van der Waals surface area contributed by atoms with Gasteiger partial charge in [0.15, 0.2) is 5.16 Å². The number of thioether (sulfide) groups is 1. The smallest absolute Gasteiger partial charge is 0.230 e. The van der Waals surface area contributed by atoms with Crippen LogP contribution in [0.5, 0.6) is 0 Å². The fourth-order valence-corrected chi connectivity index (χ4v) is 3.51. The van der Waals surface area contributed by atoms with Crippen LogP contribution in [0, 0.1) is 5.82 Å². The van der Waals surface area contributed by atoms with Crippen molar-refractivity contribution in [3.05, 3.63) is 41.5 Å². The Morgan fingerprint density at radius 2 is 1.96 bits per heavy atom. The van der Waals surface area contributed by atoms with Crippen molar-refractivity contribution in [3.63, 3.8) is 0 Å². The van der Waals surface area contributed by atoms with E-state index in [2.05, 4.69) is 20.1 Å². The van der Waals surface area contributed by atoms with Gasteiger partial charge in [0.05, 0.1) is 5.75 Å². The van der Waals surface area contributed by atoms with Crippen LogP contribution in [0.25, 0.3) is 0 Å². The first-order chi connectivity index (χ1) is 11.7. The van der Waals surface area contributed by atoms with E-state index in [1.165, 1.54) is 49.6 Å². The molecule has 0 bridgehead atoms. The lowest BCUT2D eigenvalue weighted by atomic mass is 10.2. The summed E-state index contributed by atoms with van der Waals surface area (Å²) in [6.45, 7) is 0.405. The molecule has 126 valence electrons. The molecule has 1 amide bonds. The van der Waals surface area contributed by atoms with E-state index in [4.69, 9.17) is 0 Å². The van der Waals surface area contributed by atoms with E-state index >= 15 is 0 Å². The molecule has 4 rings (SSSR count). The Morgan fingerprint density at radius 1 is 1.21 bits per heavy atom. The summed E-state index contributed by atoms with van der Waals surface area (Å²) in [7, 11) is 0. The quantitative estimate of drug-likeness (QED) is 0.783. The maximum absolute atomic E-state index is 12.9. The first-order valence-corrected chi connectivity index (χ1v) is 9.28. The summed E-state index contributed by atoms with van der Waals surface area (Å²) in [6.07, 6.45) is 4.77. The van der Waals surface area contributed by atoms with E-state index in [0.717, 1.165) is 16.5 Å². The van der Waals surface area contributed by atoms with Crippen LogP contribution in [0.2, 0.25) is 0 Å². The van der Waals surface area contributed by atoms with Gasteiger partial charge in [-0.2, -0.15) is 0 Å². The normalized spacial score (nSPS) is 17.0. The number of aromatic nitrogens is 3. The second kappa shape index (κ2) is 6.55. The minimum absolute atomic E-state index is 0.0531. The van der Waals surface area contributed by atoms with Crippen molar-refractivity contribution >= 4 is 17.7 Å². The van der Waals surface area contributed by atoms with Gasteiger partial charge in [0.1, 0.15) is 11.6 Å². The Kier molecular flexibility index (Phi) is 4.26. The van der Waals surface area contributed by atoms with Gasteiger partial charge < -0.3 is 9.88 Å². The van der Waals surface area contributed by atoms with Gasteiger partial charge in [0.2, 0.25) is 5.91 Å². The molecule has 1 N–H and O–H groups in total. The zero-order valence-corrected chi connectivity index (χ0v) is 14.1. The summed E-state index contributed by atoms with van der Waals surface area (Å²) in [6, 6.07) is 6.67. The molecule has 0 aliphatic heterocycles. The van der Waals surface area contributed by atoms with Crippen molar-refractivity contribution in [2.75, 3.05) is 5.75 Å². The molecule has 5 nitrogen and oxygen atoms in total. The van der Waals surface area contributed by atoms with Crippen LogP contribution in [0.1, 0.15) is 49.0 Å². The molecule has 0 spiro atoms. The van der Waals surface area contributed by atoms with Gasteiger partial charge in [0, 0.05) is 18.5 Å². The molecule has 2 aliphatic rings. The largest absolute Gasteiger partial charge is 0.351 e. The summed E-state index contributed by atoms with van der Waals surface area (Å²) in [4.78, 5) is 12.0. The number of rotatable bonds is 7. The van der Waals surface area contributed by atoms with Crippen LogP contribution < -0.4 is 5.32 Å². The molecule has 0 unspecified atom stereocenters. The molecule has 0 atom stereocenters. The van der Waals surface area contributed by atoms with E-state index < -0.39 is 0 Å². The number of amides is 1. The number of benzene rings is 1. The SMILES string of the molecule is O=C(CSc1nnc(C2CC2)n1C1CC1)NCc1ccc(F)cc1. The minimum atomic E-state index is -0.272. The fourth-order valence-electron chi connectivity index (χ4n) is 2.67. The molecule has 7 heteroatoms. The lowest BCUT2D eigenvalue weighted by Crippen LogP contribution is -2.24. The highest BCUT2D eigenvalue weighted by atomic mass is 32.2. The fraction of sp³-hybridized carbons (Fsp3) is 0.471. The number of carbonyl (C=O) groups excluding carboxylic acids is 1. The lowest BCUT2D eigenvalue weighted by Gasteiger charge is -2.08.